The number of carboxylic acids is 2. The van der Waals surface area contributed by atoms with Crippen molar-refractivity contribution in [3.8, 4) is 0 Å². The Kier molecular flexibility index (Phi) is 14.9. The molecule has 0 saturated carbocycles. The second kappa shape index (κ2) is 16.4. The van der Waals surface area contributed by atoms with Crippen LogP contribution in [0.3, 0.4) is 0 Å². The van der Waals surface area contributed by atoms with Gasteiger partial charge in [-0.3, -0.25) is 28.8 Å². The number of nitrogens with two attached hydrogens (primary N) is 1. The van der Waals surface area contributed by atoms with Gasteiger partial charge < -0.3 is 36.6 Å². The number of Topliss-reactive ketones (excluding diaryl/α,β-unsaturated/α-hetero) is 1. The number of carbonyl (C=O) groups excluding carboxylic acids is 5. The zero-order valence-electron chi connectivity index (χ0n) is 19.7. The summed E-state index contributed by atoms with van der Waals surface area (Å²) in [6.45, 7) is 2.78. The first kappa shape index (κ1) is 31.8. The van der Waals surface area contributed by atoms with E-state index in [1.165, 1.54) is 0 Å². The molecule has 3 amide bonds. The van der Waals surface area contributed by atoms with Crippen molar-refractivity contribution in [3.63, 3.8) is 0 Å². The van der Waals surface area contributed by atoms with Gasteiger partial charge in [0.1, 0.15) is 24.7 Å². The maximum Gasteiger partial charge on any atom is 0.328 e. The number of methoxy groups -OCH3 is 1. The second-order valence-corrected chi connectivity index (χ2v) is 8.54. The number of nitrogens with one attached hydrogen (secondary N) is 3. The maximum atomic E-state index is 12.3. The molecule has 7 N–H and O–H groups in total. The Morgan fingerprint density at radius 2 is 1.69 bits per heavy atom. The van der Waals surface area contributed by atoms with E-state index in [2.05, 4.69) is 20.7 Å². The van der Waals surface area contributed by atoms with Crippen LogP contribution in [-0.2, 0) is 38.3 Å². The van der Waals surface area contributed by atoms with Gasteiger partial charge in [-0.1, -0.05) is 20.3 Å². The lowest BCUT2D eigenvalue weighted by molar-refractivity contribution is -0.147. The van der Waals surface area contributed by atoms with Gasteiger partial charge in [0.25, 0.3) is 5.91 Å². The molecule has 0 aromatic carbocycles. The lowest BCUT2D eigenvalue weighted by atomic mass is 9.99. The molecular formula is C20H32N4O10S. The van der Waals surface area contributed by atoms with Gasteiger partial charge in [0.2, 0.25) is 17.6 Å². The highest BCUT2D eigenvalue weighted by Crippen LogP contribution is 2.10. The molecule has 0 spiro atoms. The summed E-state index contributed by atoms with van der Waals surface area (Å²) in [5, 5.41) is 24.2. The van der Waals surface area contributed by atoms with E-state index in [0.717, 1.165) is 18.9 Å². The standard InChI is InChI=1S/C20H32N4O10S/c1-4-10(2)16(20(33)34-3)24-18(30)13(25)9-35-8-12(17(29)22-7-15(27)28)23-14(26)6-5-11(21)19(31)32/h10-12,16H,4-9,21H2,1-3H3,(H,22,29)(H,23,26)(H,24,30)(H,27,28)(H,31,32). The van der Waals surface area contributed by atoms with Crippen molar-refractivity contribution in [2.75, 3.05) is 25.2 Å². The van der Waals surface area contributed by atoms with Crippen molar-refractivity contribution in [1.29, 1.82) is 0 Å². The van der Waals surface area contributed by atoms with Crippen molar-refractivity contribution in [2.45, 2.75) is 51.2 Å². The van der Waals surface area contributed by atoms with Crippen LogP contribution in [0.25, 0.3) is 0 Å². The Balaban J connectivity index is 5.01. The molecule has 0 aliphatic rings. The fourth-order valence-electron chi connectivity index (χ4n) is 2.50. The molecule has 0 bridgehead atoms. The highest BCUT2D eigenvalue weighted by Gasteiger charge is 2.29. The van der Waals surface area contributed by atoms with Crippen molar-refractivity contribution in [3.05, 3.63) is 0 Å². The number of thioether (sulfide) groups is 1. The zero-order valence-corrected chi connectivity index (χ0v) is 20.5. The summed E-state index contributed by atoms with van der Waals surface area (Å²) >= 11 is 0.819. The molecule has 4 unspecified atom stereocenters. The van der Waals surface area contributed by atoms with Crippen LogP contribution in [0.2, 0.25) is 0 Å². The summed E-state index contributed by atoms with van der Waals surface area (Å²) in [5.41, 5.74) is 5.34. The largest absolute Gasteiger partial charge is 0.480 e. The van der Waals surface area contributed by atoms with Crippen LogP contribution in [0.5, 0.6) is 0 Å². The molecule has 35 heavy (non-hydrogen) atoms. The fourth-order valence-corrected chi connectivity index (χ4v) is 3.40. The van der Waals surface area contributed by atoms with Crippen LogP contribution >= 0.6 is 11.8 Å². The highest BCUT2D eigenvalue weighted by atomic mass is 32.2. The Labute approximate surface area is 206 Å². The van der Waals surface area contributed by atoms with Gasteiger partial charge in [-0.05, 0) is 12.3 Å². The molecule has 0 rings (SSSR count). The number of aliphatic carboxylic acids is 2. The van der Waals surface area contributed by atoms with Gasteiger partial charge in [0, 0.05) is 12.2 Å². The molecule has 0 heterocycles. The first-order valence-electron chi connectivity index (χ1n) is 10.6. The molecule has 0 aromatic heterocycles. The fraction of sp³-hybridized carbons (Fsp3) is 0.650. The van der Waals surface area contributed by atoms with Crippen LogP contribution in [-0.4, -0.2) is 94.9 Å². The SMILES string of the molecule is CCC(C)C(NC(=O)C(=O)CSCC(NC(=O)CCC(N)C(=O)O)C(=O)NCC(=O)O)C(=O)OC. The first-order valence-corrected chi connectivity index (χ1v) is 11.8. The molecule has 0 aliphatic carbocycles. The summed E-state index contributed by atoms with van der Waals surface area (Å²) in [6, 6.07) is -3.57. The Morgan fingerprint density at radius 1 is 1.06 bits per heavy atom. The summed E-state index contributed by atoms with van der Waals surface area (Å²) in [4.78, 5) is 82.1. The molecular weight excluding hydrogens is 488 g/mol. The van der Waals surface area contributed by atoms with Crippen molar-refractivity contribution < 1.29 is 48.5 Å². The van der Waals surface area contributed by atoms with Crippen LogP contribution in [0.4, 0.5) is 0 Å². The number of amides is 3. The summed E-state index contributed by atoms with van der Waals surface area (Å²) in [6.07, 6.45) is 0.0217. The maximum absolute atomic E-state index is 12.3. The van der Waals surface area contributed by atoms with Crippen LogP contribution in [0.1, 0.15) is 33.1 Å². The number of carboxylic acid groups (broad SMARTS) is 2. The monoisotopic (exact) mass is 520 g/mol. The predicted molar refractivity (Wildman–Crippen MR) is 123 cm³/mol. The first-order chi connectivity index (χ1) is 16.3. The summed E-state index contributed by atoms with van der Waals surface area (Å²) in [7, 11) is 1.15. The number of hydrogen-bond donors (Lipinski definition) is 6. The molecule has 14 nitrogen and oxygen atoms in total. The summed E-state index contributed by atoms with van der Waals surface area (Å²) in [5.74, 6) is -7.70. The molecule has 4 atom stereocenters. The van der Waals surface area contributed by atoms with Crippen molar-refractivity contribution >= 4 is 53.2 Å². The Morgan fingerprint density at radius 3 is 2.20 bits per heavy atom. The van der Waals surface area contributed by atoms with Crippen LogP contribution in [0, 0.1) is 5.92 Å². The predicted octanol–water partition coefficient (Wildman–Crippen LogP) is -2.13. The smallest absolute Gasteiger partial charge is 0.328 e. The normalized spacial score (nSPS) is 13.9. The zero-order chi connectivity index (χ0) is 27.1. The Bertz CT molecular complexity index is 807. The van der Waals surface area contributed by atoms with E-state index in [1.807, 2.05) is 0 Å². The van der Waals surface area contributed by atoms with Gasteiger partial charge in [-0.25, -0.2) is 4.79 Å². The van der Waals surface area contributed by atoms with E-state index in [9.17, 15) is 33.6 Å². The molecule has 0 fully saturated rings. The average molecular weight is 521 g/mol. The molecule has 15 heteroatoms. The van der Waals surface area contributed by atoms with Gasteiger partial charge in [0.15, 0.2) is 0 Å². The number of ketones is 1. The van der Waals surface area contributed by atoms with Crippen molar-refractivity contribution in [2.24, 2.45) is 11.7 Å². The second-order valence-electron chi connectivity index (χ2n) is 7.51. The molecule has 0 aliphatic heterocycles. The van der Waals surface area contributed by atoms with E-state index in [-0.39, 0.29) is 24.5 Å². The third kappa shape index (κ3) is 12.7. The minimum atomic E-state index is -1.32. The number of esters is 1. The highest BCUT2D eigenvalue weighted by molar-refractivity contribution is 8.00. The number of carbonyl (C=O) groups is 7. The van der Waals surface area contributed by atoms with Gasteiger partial charge >= 0.3 is 17.9 Å². The minimum absolute atomic E-state index is 0.200. The topological polar surface area (TPSA) is 231 Å². The number of hydrogen-bond acceptors (Lipinski definition) is 10. The quantitative estimate of drug-likeness (QED) is 0.0892. The van der Waals surface area contributed by atoms with E-state index in [1.54, 1.807) is 13.8 Å². The minimum Gasteiger partial charge on any atom is -0.480 e. The summed E-state index contributed by atoms with van der Waals surface area (Å²) < 4.78 is 4.64. The van der Waals surface area contributed by atoms with E-state index < -0.39 is 71.8 Å². The molecule has 0 saturated heterocycles. The van der Waals surface area contributed by atoms with E-state index >= 15 is 0 Å². The Hall–Kier alpha value is -3.20. The average Bonchev–Trinajstić information content (AvgIpc) is 2.81. The molecule has 198 valence electrons. The molecule has 0 aromatic rings. The van der Waals surface area contributed by atoms with Crippen LogP contribution < -0.4 is 21.7 Å². The number of ether oxygens (including phenoxy) is 1. The van der Waals surface area contributed by atoms with Crippen LogP contribution in [0.15, 0.2) is 0 Å². The third-order valence-electron chi connectivity index (χ3n) is 4.79. The lowest BCUT2D eigenvalue weighted by Gasteiger charge is -2.21. The van der Waals surface area contributed by atoms with Gasteiger partial charge in [-0.2, -0.15) is 11.8 Å². The van der Waals surface area contributed by atoms with Crippen molar-refractivity contribution in [1.82, 2.24) is 16.0 Å². The third-order valence-corrected chi connectivity index (χ3v) is 5.83. The van der Waals surface area contributed by atoms with Gasteiger partial charge in [0.05, 0.1) is 12.9 Å². The number of rotatable bonds is 17. The van der Waals surface area contributed by atoms with Gasteiger partial charge in [-0.15, -0.1) is 0 Å². The van der Waals surface area contributed by atoms with E-state index in [4.69, 9.17) is 15.9 Å². The molecule has 0 radical (unpaired) electrons. The van der Waals surface area contributed by atoms with E-state index in [0.29, 0.717) is 6.42 Å². The lowest BCUT2D eigenvalue weighted by Crippen LogP contribution is -2.50.